The summed E-state index contributed by atoms with van der Waals surface area (Å²) in [4.78, 5) is 35.0. The van der Waals surface area contributed by atoms with Gasteiger partial charge in [-0.2, -0.15) is 0 Å². The van der Waals surface area contributed by atoms with E-state index in [0.29, 0.717) is 18.7 Å². The fourth-order valence-corrected chi connectivity index (χ4v) is 3.13. The van der Waals surface area contributed by atoms with Crippen molar-refractivity contribution in [2.45, 2.75) is 59.1 Å². The molecule has 1 aliphatic carbocycles. The number of ether oxygens (including phenoxy) is 1. The molecule has 1 fully saturated rings. The van der Waals surface area contributed by atoms with Gasteiger partial charge in [-0.1, -0.05) is 19.8 Å². The van der Waals surface area contributed by atoms with Crippen molar-refractivity contribution >= 4 is 11.9 Å². The van der Waals surface area contributed by atoms with Crippen LogP contribution in [0.4, 0.5) is 0 Å². The van der Waals surface area contributed by atoms with Gasteiger partial charge in [0, 0.05) is 31.3 Å². The molecule has 0 saturated heterocycles. The summed E-state index contributed by atoms with van der Waals surface area (Å²) >= 11 is 0. The van der Waals surface area contributed by atoms with Crippen molar-refractivity contribution in [1.29, 1.82) is 0 Å². The lowest BCUT2D eigenvalue weighted by molar-refractivity contribution is -0.167. The summed E-state index contributed by atoms with van der Waals surface area (Å²) in [5, 5.41) is 0. The first kappa shape index (κ1) is 20.9. The van der Waals surface area contributed by atoms with Crippen LogP contribution in [0, 0.1) is 29.6 Å². The molecule has 0 aromatic carbocycles. The highest BCUT2D eigenvalue weighted by Gasteiger charge is 2.40. The molecule has 0 aliphatic heterocycles. The zero-order chi connectivity index (χ0) is 20.2. The lowest BCUT2D eigenvalue weighted by Crippen LogP contribution is -2.51. The second kappa shape index (κ2) is 8.51. The number of carbonyl (C=O) groups excluding carboxylic acids is 2. The Morgan fingerprint density at radius 1 is 1.22 bits per heavy atom. The maximum atomic E-state index is 12.8. The molecule has 6 nitrogen and oxygen atoms in total. The Morgan fingerprint density at radius 2 is 1.81 bits per heavy atom. The van der Waals surface area contributed by atoms with Crippen LogP contribution in [0.15, 0.2) is 18.5 Å². The molecule has 0 N–H and O–H groups in total. The second-order valence-electron chi connectivity index (χ2n) is 8.38. The van der Waals surface area contributed by atoms with E-state index < -0.39 is 11.6 Å². The number of nitrogens with zero attached hydrogens (tertiary/aromatic N) is 3. The maximum Gasteiger partial charge on any atom is 0.329 e. The summed E-state index contributed by atoms with van der Waals surface area (Å²) in [6, 6.07) is 1.16. The third-order valence-electron chi connectivity index (χ3n) is 4.49. The van der Waals surface area contributed by atoms with Gasteiger partial charge in [-0.05, 0) is 51.5 Å². The van der Waals surface area contributed by atoms with Crippen LogP contribution in [0.2, 0.25) is 0 Å². The number of carbonyl (C=O) groups is 2. The normalized spacial score (nSPS) is 20.1. The third-order valence-corrected chi connectivity index (χ3v) is 4.49. The lowest BCUT2D eigenvalue weighted by Gasteiger charge is -2.38. The third kappa shape index (κ3) is 5.78. The number of aromatic nitrogens is 2. The number of amides is 1. The van der Waals surface area contributed by atoms with Gasteiger partial charge in [0.1, 0.15) is 11.6 Å². The zero-order valence-electron chi connectivity index (χ0n) is 17.0. The highest BCUT2D eigenvalue weighted by atomic mass is 16.6. The van der Waals surface area contributed by atoms with Gasteiger partial charge in [0.2, 0.25) is 11.7 Å². The van der Waals surface area contributed by atoms with Crippen LogP contribution in [0.3, 0.4) is 0 Å². The first-order valence-corrected chi connectivity index (χ1v) is 9.36. The molecule has 0 radical (unpaired) electrons. The minimum Gasteiger partial charge on any atom is -0.458 e. The molecule has 1 saturated carbocycles. The minimum absolute atomic E-state index is 0.0198. The Morgan fingerprint density at radius 3 is 2.33 bits per heavy atom. The Hall–Kier alpha value is -2.42. The summed E-state index contributed by atoms with van der Waals surface area (Å²) in [6.07, 6.45) is 4.70. The van der Waals surface area contributed by atoms with Crippen LogP contribution in [0.5, 0.6) is 0 Å². The van der Waals surface area contributed by atoms with Gasteiger partial charge in [0.25, 0.3) is 0 Å². The molecule has 0 spiro atoms. The predicted octanol–water partition coefficient (Wildman–Crippen LogP) is 2.68. The van der Waals surface area contributed by atoms with Crippen molar-refractivity contribution in [3.63, 3.8) is 0 Å². The summed E-state index contributed by atoms with van der Waals surface area (Å²) in [5.41, 5.74) is -0.579. The summed E-state index contributed by atoms with van der Waals surface area (Å²) in [5.74, 6) is 6.23. The number of likely N-dealkylation sites (N-methyl/N-ethyl adjacent to an activating group) is 1. The van der Waals surface area contributed by atoms with E-state index >= 15 is 0 Å². The fraction of sp³-hybridized carbons (Fsp3) is 0.619. The van der Waals surface area contributed by atoms with Crippen LogP contribution in [0.25, 0.3) is 0 Å². The predicted molar refractivity (Wildman–Crippen MR) is 102 cm³/mol. The Bertz CT molecular complexity index is 723. The Balaban J connectivity index is 1.95. The smallest absolute Gasteiger partial charge is 0.329 e. The highest BCUT2D eigenvalue weighted by molar-refractivity contribution is 5.86. The van der Waals surface area contributed by atoms with E-state index in [1.807, 2.05) is 34.6 Å². The van der Waals surface area contributed by atoms with Gasteiger partial charge in [-0.3, -0.25) is 4.79 Å². The summed E-state index contributed by atoms with van der Waals surface area (Å²) < 4.78 is 5.50. The summed E-state index contributed by atoms with van der Waals surface area (Å²) in [7, 11) is 1.69. The average Bonchev–Trinajstić information content (AvgIpc) is 2.52. The molecular weight excluding hydrogens is 342 g/mol. The minimum atomic E-state index is -0.584. The number of esters is 1. The number of hydrogen-bond donors (Lipinski definition) is 0. The molecule has 1 atom stereocenters. The van der Waals surface area contributed by atoms with Gasteiger partial charge in [-0.15, -0.1) is 0 Å². The molecule has 6 heteroatoms. The fourth-order valence-electron chi connectivity index (χ4n) is 3.13. The van der Waals surface area contributed by atoms with E-state index in [4.69, 9.17) is 4.74 Å². The van der Waals surface area contributed by atoms with E-state index in [1.165, 1.54) is 0 Å². The SMILES string of the molecule is CC(C)[C@@H](C(=O)OC(C)(C)C)N(C)C(=O)C1CC(C#Cc2ncccn2)C1. The van der Waals surface area contributed by atoms with Crippen LogP contribution < -0.4 is 0 Å². The van der Waals surface area contributed by atoms with E-state index in [2.05, 4.69) is 21.8 Å². The monoisotopic (exact) mass is 371 g/mol. The van der Waals surface area contributed by atoms with Crippen molar-refractivity contribution < 1.29 is 14.3 Å². The first-order chi connectivity index (χ1) is 12.6. The number of rotatable bonds is 4. The largest absolute Gasteiger partial charge is 0.458 e. The molecule has 0 bridgehead atoms. The molecule has 0 unspecified atom stereocenters. The summed E-state index contributed by atoms with van der Waals surface area (Å²) in [6.45, 7) is 9.34. The Labute approximate surface area is 161 Å². The van der Waals surface area contributed by atoms with Crippen molar-refractivity contribution in [2.24, 2.45) is 17.8 Å². The van der Waals surface area contributed by atoms with Gasteiger partial charge in [0.15, 0.2) is 0 Å². The van der Waals surface area contributed by atoms with Crippen molar-refractivity contribution in [2.75, 3.05) is 7.05 Å². The average molecular weight is 371 g/mol. The molecule has 1 aromatic heterocycles. The first-order valence-electron chi connectivity index (χ1n) is 9.36. The molecule has 27 heavy (non-hydrogen) atoms. The lowest BCUT2D eigenvalue weighted by atomic mass is 9.74. The van der Waals surface area contributed by atoms with Crippen LogP contribution in [-0.4, -0.2) is 45.4 Å². The molecule has 1 heterocycles. The van der Waals surface area contributed by atoms with E-state index in [1.54, 1.807) is 30.4 Å². The van der Waals surface area contributed by atoms with Crippen LogP contribution >= 0.6 is 0 Å². The van der Waals surface area contributed by atoms with Crippen molar-refractivity contribution in [3.8, 4) is 11.8 Å². The van der Waals surface area contributed by atoms with Crippen LogP contribution in [-0.2, 0) is 14.3 Å². The molecular formula is C21H29N3O3. The molecule has 2 rings (SSSR count). The molecule has 1 aromatic rings. The van der Waals surface area contributed by atoms with Gasteiger partial charge >= 0.3 is 5.97 Å². The van der Waals surface area contributed by atoms with Gasteiger partial charge < -0.3 is 9.64 Å². The molecule has 1 aliphatic rings. The van der Waals surface area contributed by atoms with E-state index in [9.17, 15) is 9.59 Å². The van der Waals surface area contributed by atoms with E-state index in [0.717, 1.165) is 0 Å². The maximum absolute atomic E-state index is 12.8. The highest BCUT2D eigenvalue weighted by Crippen LogP contribution is 2.35. The molecule has 1 amide bonds. The van der Waals surface area contributed by atoms with Gasteiger partial charge in [0.05, 0.1) is 0 Å². The molecule has 146 valence electrons. The van der Waals surface area contributed by atoms with Crippen molar-refractivity contribution in [1.82, 2.24) is 14.9 Å². The quantitative estimate of drug-likeness (QED) is 0.601. The standard InChI is InChI=1S/C21H29N3O3/c1-14(2)18(20(26)27-21(3,4)5)24(6)19(25)16-12-15(13-16)8-9-17-22-10-7-11-23-17/h7,10-11,14-16,18H,12-13H2,1-6H3/t15?,16?,18-/m0/s1. The number of hydrogen-bond acceptors (Lipinski definition) is 5. The van der Waals surface area contributed by atoms with Gasteiger partial charge in [-0.25, -0.2) is 14.8 Å². The zero-order valence-corrected chi connectivity index (χ0v) is 17.0. The Kier molecular flexibility index (Phi) is 6.59. The second-order valence-corrected chi connectivity index (χ2v) is 8.38. The van der Waals surface area contributed by atoms with Crippen molar-refractivity contribution in [3.05, 3.63) is 24.3 Å². The van der Waals surface area contributed by atoms with E-state index in [-0.39, 0.29) is 29.6 Å². The topological polar surface area (TPSA) is 72.4 Å². The van der Waals surface area contributed by atoms with Crippen LogP contribution in [0.1, 0.15) is 53.3 Å².